The quantitative estimate of drug-likeness (QED) is 0.408. The zero-order chi connectivity index (χ0) is 25.5. The maximum absolute atomic E-state index is 14.2. The van der Waals surface area contributed by atoms with Crippen LogP contribution in [-0.2, 0) is 16.1 Å². The van der Waals surface area contributed by atoms with Crippen LogP contribution in [0.25, 0.3) is 0 Å². The summed E-state index contributed by atoms with van der Waals surface area (Å²) in [4.78, 5) is 25.7. The summed E-state index contributed by atoms with van der Waals surface area (Å²) in [6.07, 6.45) is 1.46. The van der Waals surface area contributed by atoms with E-state index in [2.05, 4.69) is 22.0 Å². The Kier molecular flexibility index (Phi) is 7.88. The molecule has 4 rings (SSSR count). The molecule has 1 aromatic heterocycles. The Morgan fingerprint density at radius 2 is 1.86 bits per heavy atom. The lowest BCUT2D eigenvalue weighted by atomic mass is 9.85. The molecule has 2 amide bonds. The van der Waals surface area contributed by atoms with Gasteiger partial charge in [-0.25, -0.2) is 4.39 Å². The number of dihydropyridines is 1. The maximum atomic E-state index is 14.2. The predicted octanol–water partition coefficient (Wildman–Crippen LogP) is 4.80. The Bertz CT molecular complexity index is 1360. The number of hydrogen-bond donors (Lipinski definition) is 3. The number of thioether (sulfide) groups is 1. The molecule has 2 heterocycles. The molecule has 1 aliphatic heterocycles. The summed E-state index contributed by atoms with van der Waals surface area (Å²) in [6, 6.07) is 20.9. The Balaban J connectivity index is 1.55. The summed E-state index contributed by atoms with van der Waals surface area (Å²) in [5, 5.41) is 19.0. The summed E-state index contributed by atoms with van der Waals surface area (Å²) in [6.45, 7) is 2.09. The highest BCUT2D eigenvalue weighted by molar-refractivity contribution is 8.03. The number of para-hydroxylation sites is 1. The molecule has 0 unspecified atom stereocenters. The van der Waals surface area contributed by atoms with Crippen molar-refractivity contribution >= 4 is 29.3 Å². The third-order valence-electron chi connectivity index (χ3n) is 5.52. The van der Waals surface area contributed by atoms with Crippen molar-refractivity contribution in [3.63, 3.8) is 0 Å². The number of amides is 2. The molecular formula is C27H23FN4O3S. The van der Waals surface area contributed by atoms with E-state index in [1.54, 1.807) is 25.1 Å². The number of allylic oxidation sites excluding steroid dienone is 2. The number of nitriles is 1. The van der Waals surface area contributed by atoms with Crippen LogP contribution in [0.5, 0.6) is 0 Å². The van der Waals surface area contributed by atoms with Gasteiger partial charge in [-0.15, -0.1) is 0 Å². The van der Waals surface area contributed by atoms with Crippen molar-refractivity contribution < 1.29 is 18.4 Å². The van der Waals surface area contributed by atoms with Crippen LogP contribution in [0, 0.1) is 17.1 Å². The molecule has 0 radical (unpaired) electrons. The van der Waals surface area contributed by atoms with Gasteiger partial charge >= 0.3 is 0 Å². The molecule has 36 heavy (non-hydrogen) atoms. The van der Waals surface area contributed by atoms with Crippen molar-refractivity contribution in [1.82, 2.24) is 10.6 Å². The lowest BCUT2D eigenvalue weighted by molar-refractivity contribution is -0.118. The summed E-state index contributed by atoms with van der Waals surface area (Å²) >= 11 is 1.16. The highest BCUT2D eigenvalue weighted by Crippen LogP contribution is 2.41. The lowest BCUT2D eigenvalue weighted by Crippen LogP contribution is -2.31. The van der Waals surface area contributed by atoms with Crippen LogP contribution in [0.3, 0.4) is 0 Å². The van der Waals surface area contributed by atoms with Gasteiger partial charge in [-0.2, -0.15) is 5.26 Å². The number of rotatable bonds is 8. The Morgan fingerprint density at radius 3 is 2.56 bits per heavy atom. The van der Waals surface area contributed by atoms with E-state index < -0.39 is 17.6 Å². The number of carbonyl (C=O) groups excluding carboxylic acids is 2. The van der Waals surface area contributed by atoms with Crippen LogP contribution < -0.4 is 16.0 Å². The maximum Gasteiger partial charge on any atom is 0.254 e. The van der Waals surface area contributed by atoms with Gasteiger partial charge in [0.1, 0.15) is 11.6 Å². The molecular weight excluding hydrogens is 479 g/mol. The number of anilines is 1. The van der Waals surface area contributed by atoms with Gasteiger partial charge in [-0.05, 0) is 36.8 Å². The molecule has 0 bridgehead atoms. The Hall–Kier alpha value is -4.29. The Labute approximate surface area is 212 Å². The second-order valence-corrected chi connectivity index (χ2v) is 8.94. The average molecular weight is 503 g/mol. The zero-order valence-electron chi connectivity index (χ0n) is 19.4. The number of furan rings is 1. The van der Waals surface area contributed by atoms with Crippen molar-refractivity contribution in [2.24, 2.45) is 0 Å². The summed E-state index contributed by atoms with van der Waals surface area (Å²) in [7, 11) is 0. The largest absolute Gasteiger partial charge is 0.468 e. The predicted molar refractivity (Wildman–Crippen MR) is 136 cm³/mol. The number of halogens is 1. The first-order valence-corrected chi connectivity index (χ1v) is 12.1. The molecule has 9 heteroatoms. The SMILES string of the molecule is CC1=C(C(=O)Nc2ccccc2F)[C@@H](c2ccco2)C(C#N)=C(SCC(=O)NCc2ccccc2)N1. The van der Waals surface area contributed by atoms with E-state index in [-0.39, 0.29) is 28.5 Å². The molecule has 1 aliphatic rings. The smallest absolute Gasteiger partial charge is 0.254 e. The minimum absolute atomic E-state index is 0.0266. The van der Waals surface area contributed by atoms with Crippen molar-refractivity contribution in [1.29, 1.82) is 5.26 Å². The first-order valence-electron chi connectivity index (χ1n) is 11.1. The molecule has 0 saturated heterocycles. The van der Waals surface area contributed by atoms with Gasteiger partial charge < -0.3 is 20.4 Å². The molecule has 2 aromatic carbocycles. The molecule has 3 N–H and O–H groups in total. The second kappa shape index (κ2) is 11.4. The van der Waals surface area contributed by atoms with E-state index in [9.17, 15) is 19.2 Å². The van der Waals surface area contributed by atoms with E-state index in [4.69, 9.17) is 4.42 Å². The molecule has 0 fully saturated rings. The van der Waals surface area contributed by atoms with Gasteiger partial charge in [0.05, 0.1) is 45.9 Å². The lowest BCUT2D eigenvalue weighted by Gasteiger charge is -2.28. The minimum atomic E-state index is -0.826. The van der Waals surface area contributed by atoms with Crippen LogP contribution >= 0.6 is 11.8 Å². The highest BCUT2D eigenvalue weighted by Gasteiger charge is 2.36. The molecule has 0 spiro atoms. The monoisotopic (exact) mass is 502 g/mol. The van der Waals surface area contributed by atoms with E-state index in [0.717, 1.165) is 17.3 Å². The van der Waals surface area contributed by atoms with Crippen molar-refractivity contribution in [2.45, 2.75) is 19.4 Å². The van der Waals surface area contributed by atoms with Crippen molar-refractivity contribution in [3.8, 4) is 6.07 Å². The number of nitrogens with one attached hydrogen (secondary N) is 3. The van der Waals surface area contributed by atoms with Gasteiger partial charge in [0.25, 0.3) is 5.91 Å². The van der Waals surface area contributed by atoms with Crippen molar-refractivity contribution in [2.75, 3.05) is 11.1 Å². The Morgan fingerprint density at radius 1 is 1.11 bits per heavy atom. The van der Waals surface area contributed by atoms with Crippen LogP contribution in [-0.4, -0.2) is 17.6 Å². The van der Waals surface area contributed by atoms with Gasteiger partial charge in [0.2, 0.25) is 5.91 Å². The van der Waals surface area contributed by atoms with Crippen molar-refractivity contribution in [3.05, 3.63) is 112 Å². The average Bonchev–Trinajstić information content (AvgIpc) is 3.42. The summed E-state index contributed by atoms with van der Waals surface area (Å²) in [5.41, 5.74) is 1.93. The van der Waals surface area contributed by atoms with E-state index in [1.165, 1.54) is 24.5 Å². The fraction of sp³-hybridized carbons (Fsp3) is 0.148. The molecule has 3 aromatic rings. The molecule has 7 nitrogen and oxygen atoms in total. The van der Waals surface area contributed by atoms with Crippen LogP contribution in [0.2, 0.25) is 0 Å². The normalized spacial score (nSPS) is 15.2. The van der Waals surface area contributed by atoms with Gasteiger partial charge in [-0.1, -0.05) is 54.2 Å². The fourth-order valence-electron chi connectivity index (χ4n) is 3.80. The van der Waals surface area contributed by atoms with Gasteiger partial charge in [0, 0.05) is 12.2 Å². The number of benzene rings is 2. The topological polar surface area (TPSA) is 107 Å². The zero-order valence-corrected chi connectivity index (χ0v) is 20.2. The minimum Gasteiger partial charge on any atom is -0.468 e. The number of carbonyl (C=O) groups is 2. The van der Waals surface area contributed by atoms with Crippen LogP contribution in [0.4, 0.5) is 10.1 Å². The first-order chi connectivity index (χ1) is 17.5. The third-order valence-corrected chi connectivity index (χ3v) is 6.54. The summed E-state index contributed by atoms with van der Waals surface area (Å²) in [5.74, 6) is -1.71. The first kappa shape index (κ1) is 24.8. The van der Waals surface area contributed by atoms with Crippen LogP contribution in [0.1, 0.15) is 24.2 Å². The fourth-order valence-corrected chi connectivity index (χ4v) is 4.73. The standard InChI is InChI=1S/C27H23FN4O3S/c1-17-24(26(34)32-21-11-6-5-10-20(21)28)25(22-12-7-13-35-22)19(14-29)27(31-17)36-16-23(33)30-15-18-8-3-2-4-9-18/h2-13,25,31H,15-16H2,1H3,(H,30,33)(H,32,34)/t25-/m1/s1. The molecule has 1 atom stereocenters. The number of nitrogens with zero attached hydrogens (tertiary/aromatic N) is 1. The highest BCUT2D eigenvalue weighted by atomic mass is 32.2. The van der Waals surface area contributed by atoms with E-state index in [1.807, 2.05) is 30.3 Å². The van der Waals surface area contributed by atoms with E-state index >= 15 is 0 Å². The van der Waals surface area contributed by atoms with Gasteiger partial charge in [0.15, 0.2) is 0 Å². The molecule has 0 saturated carbocycles. The molecule has 182 valence electrons. The third kappa shape index (κ3) is 5.67. The van der Waals surface area contributed by atoms with E-state index in [0.29, 0.717) is 23.0 Å². The second-order valence-electron chi connectivity index (χ2n) is 7.95. The number of hydrogen-bond acceptors (Lipinski definition) is 6. The van der Waals surface area contributed by atoms with Crippen LogP contribution in [0.15, 0.2) is 99.3 Å². The summed E-state index contributed by atoms with van der Waals surface area (Å²) < 4.78 is 19.7. The van der Waals surface area contributed by atoms with Gasteiger partial charge in [-0.3, -0.25) is 9.59 Å². The molecule has 0 aliphatic carbocycles.